The van der Waals surface area contributed by atoms with Gasteiger partial charge in [-0.1, -0.05) is 0 Å². The summed E-state index contributed by atoms with van der Waals surface area (Å²) >= 11 is 0.815. The molecule has 2 nitrogen and oxygen atoms in total. The summed E-state index contributed by atoms with van der Waals surface area (Å²) in [6.07, 6.45) is -1.72. The number of aryl methyl sites for hydroxylation is 1. The molecule has 0 saturated heterocycles. The fraction of sp³-hybridized carbons (Fsp3) is 0.769. The molecule has 1 aliphatic carbocycles. The first-order valence-corrected chi connectivity index (χ1v) is 7.30. The molecule has 1 aromatic rings. The topological polar surface area (TPSA) is 24.9 Å². The summed E-state index contributed by atoms with van der Waals surface area (Å²) < 4.78 is 38.1. The molecule has 1 aliphatic rings. The van der Waals surface area contributed by atoms with E-state index in [0.717, 1.165) is 35.5 Å². The quantitative estimate of drug-likeness (QED) is 0.892. The Bertz CT molecular complexity index is 446. The predicted molar refractivity (Wildman–Crippen MR) is 70.6 cm³/mol. The van der Waals surface area contributed by atoms with Crippen molar-refractivity contribution in [1.29, 1.82) is 0 Å². The van der Waals surface area contributed by atoms with Crippen LogP contribution in [0.5, 0.6) is 0 Å². The van der Waals surface area contributed by atoms with Crippen LogP contribution >= 0.6 is 11.3 Å². The van der Waals surface area contributed by atoms with E-state index in [1.807, 2.05) is 0 Å². The highest BCUT2D eigenvalue weighted by molar-refractivity contribution is 7.11. The summed E-state index contributed by atoms with van der Waals surface area (Å²) in [6, 6.07) is 0. The second-order valence-corrected chi connectivity index (χ2v) is 7.13. The largest absolute Gasteiger partial charge is 0.443 e. The Labute approximate surface area is 115 Å². The first-order valence-electron chi connectivity index (χ1n) is 6.48. The zero-order chi connectivity index (χ0) is 14.3. The van der Waals surface area contributed by atoms with E-state index in [0.29, 0.717) is 12.2 Å². The Kier molecular flexibility index (Phi) is 3.93. The van der Waals surface area contributed by atoms with Gasteiger partial charge in [-0.05, 0) is 40.0 Å². The van der Waals surface area contributed by atoms with E-state index in [-0.39, 0.29) is 11.5 Å². The highest BCUT2D eigenvalue weighted by atomic mass is 32.1. The molecule has 0 radical (unpaired) electrons. The zero-order valence-electron chi connectivity index (χ0n) is 11.4. The van der Waals surface area contributed by atoms with Crippen molar-refractivity contribution in [1.82, 2.24) is 10.3 Å². The highest BCUT2D eigenvalue weighted by Crippen LogP contribution is 2.40. The van der Waals surface area contributed by atoms with Crippen molar-refractivity contribution in [2.75, 3.05) is 6.54 Å². The molecular weight excluding hydrogens is 273 g/mol. The van der Waals surface area contributed by atoms with Crippen LogP contribution in [-0.4, -0.2) is 17.1 Å². The molecule has 0 spiro atoms. The molecule has 1 heterocycles. The van der Waals surface area contributed by atoms with Crippen LogP contribution in [0.2, 0.25) is 0 Å². The van der Waals surface area contributed by atoms with Crippen LogP contribution in [0.3, 0.4) is 0 Å². The molecule has 0 saturated carbocycles. The van der Waals surface area contributed by atoms with Gasteiger partial charge in [-0.3, -0.25) is 0 Å². The number of hydrogen-bond donors (Lipinski definition) is 1. The molecule has 1 atom stereocenters. The van der Waals surface area contributed by atoms with Crippen molar-refractivity contribution in [3.63, 3.8) is 0 Å². The number of thiazole rings is 1. The molecule has 0 bridgehead atoms. The van der Waals surface area contributed by atoms with E-state index in [1.54, 1.807) is 0 Å². The minimum absolute atomic E-state index is 0.0273. The average Bonchev–Trinajstić information content (AvgIpc) is 2.68. The number of halogens is 3. The maximum atomic E-state index is 12.7. The monoisotopic (exact) mass is 292 g/mol. The van der Waals surface area contributed by atoms with Crippen LogP contribution in [0.25, 0.3) is 0 Å². The van der Waals surface area contributed by atoms with Gasteiger partial charge in [0.1, 0.15) is 0 Å². The first-order chi connectivity index (χ1) is 8.67. The lowest BCUT2D eigenvalue weighted by Gasteiger charge is -2.27. The van der Waals surface area contributed by atoms with E-state index in [4.69, 9.17) is 0 Å². The molecule has 0 aromatic carbocycles. The summed E-state index contributed by atoms with van der Waals surface area (Å²) in [7, 11) is 0. The van der Waals surface area contributed by atoms with Gasteiger partial charge in [-0.15, -0.1) is 11.3 Å². The maximum absolute atomic E-state index is 12.7. The van der Waals surface area contributed by atoms with Crippen LogP contribution < -0.4 is 5.32 Å². The standard InChI is InChI=1S/C13H19F3N2S/c1-12(2,3)17-7-8-5-4-6-9-10(8)18-11(19-9)13(14,15)16/h8,17H,4-7H2,1-3H3. The van der Waals surface area contributed by atoms with Crippen molar-refractivity contribution in [3.8, 4) is 0 Å². The zero-order valence-corrected chi connectivity index (χ0v) is 12.2. The summed E-state index contributed by atoms with van der Waals surface area (Å²) in [5.74, 6) is 0.107. The fourth-order valence-electron chi connectivity index (χ4n) is 2.26. The molecule has 2 rings (SSSR count). The summed E-state index contributed by atoms with van der Waals surface area (Å²) in [6.45, 7) is 6.86. The average molecular weight is 292 g/mol. The van der Waals surface area contributed by atoms with E-state index >= 15 is 0 Å². The molecule has 108 valence electrons. The number of hydrogen-bond acceptors (Lipinski definition) is 3. The van der Waals surface area contributed by atoms with Gasteiger partial charge < -0.3 is 5.32 Å². The highest BCUT2D eigenvalue weighted by Gasteiger charge is 2.37. The van der Waals surface area contributed by atoms with Crippen molar-refractivity contribution < 1.29 is 13.2 Å². The molecule has 0 aliphatic heterocycles. The first kappa shape index (κ1) is 14.8. The minimum atomic E-state index is -4.32. The number of nitrogens with zero attached hydrogens (tertiary/aromatic N) is 1. The van der Waals surface area contributed by atoms with Gasteiger partial charge in [0.2, 0.25) is 0 Å². The third-order valence-corrected chi connectivity index (χ3v) is 4.37. The van der Waals surface area contributed by atoms with Gasteiger partial charge in [0, 0.05) is 22.9 Å². The third kappa shape index (κ3) is 3.69. The molecule has 19 heavy (non-hydrogen) atoms. The third-order valence-electron chi connectivity index (χ3n) is 3.19. The number of rotatable bonds is 2. The number of aromatic nitrogens is 1. The summed E-state index contributed by atoms with van der Waals surface area (Å²) in [5, 5.41) is 2.67. The Morgan fingerprint density at radius 2 is 2.00 bits per heavy atom. The SMILES string of the molecule is CC(C)(C)NCC1CCCc2sc(C(F)(F)F)nc21. The van der Waals surface area contributed by atoms with Crippen LogP contribution in [-0.2, 0) is 12.6 Å². The summed E-state index contributed by atoms with van der Waals surface area (Å²) in [4.78, 5) is 4.68. The maximum Gasteiger partial charge on any atom is 0.443 e. The van der Waals surface area contributed by atoms with Crippen LogP contribution in [0.1, 0.15) is 55.1 Å². The smallest absolute Gasteiger partial charge is 0.311 e. The second kappa shape index (κ2) is 5.05. The van der Waals surface area contributed by atoms with Gasteiger partial charge in [0.05, 0.1) is 5.69 Å². The fourth-order valence-corrected chi connectivity index (χ4v) is 3.31. The molecule has 0 fully saturated rings. The number of fused-ring (bicyclic) bond motifs is 1. The van der Waals surface area contributed by atoms with Crippen LogP contribution in [0.15, 0.2) is 0 Å². The van der Waals surface area contributed by atoms with Crippen LogP contribution in [0.4, 0.5) is 13.2 Å². The number of alkyl halides is 3. The lowest BCUT2D eigenvalue weighted by atomic mass is 9.90. The van der Waals surface area contributed by atoms with E-state index in [1.165, 1.54) is 0 Å². The van der Waals surface area contributed by atoms with Crippen molar-refractivity contribution >= 4 is 11.3 Å². The minimum Gasteiger partial charge on any atom is -0.311 e. The lowest BCUT2D eigenvalue weighted by Crippen LogP contribution is -2.39. The molecule has 6 heteroatoms. The van der Waals surface area contributed by atoms with Crippen LogP contribution in [0, 0.1) is 0 Å². The predicted octanol–water partition coefficient (Wildman–Crippen LogP) is 3.97. The van der Waals surface area contributed by atoms with Crippen molar-refractivity contribution in [2.24, 2.45) is 0 Å². The molecule has 1 N–H and O–H groups in total. The van der Waals surface area contributed by atoms with Gasteiger partial charge in [0.15, 0.2) is 5.01 Å². The molecule has 1 unspecified atom stereocenters. The van der Waals surface area contributed by atoms with E-state index < -0.39 is 11.2 Å². The Hall–Kier alpha value is -0.620. The Balaban J connectivity index is 2.17. The molecule has 1 aromatic heterocycles. The van der Waals surface area contributed by atoms with E-state index in [2.05, 4.69) is 31.1 Å². The van der Waals surface area contributed by atoms with Gasteiger partial charge >= 0.3 is 6.18 Å². The molecule has 0 amide bonds. The second-order valence-electron chi connectivity index (χ2n) is 6.05. The lowest BCUT2D eigenvalue weighted by molar-refractivity contribution is -0.137. The normalized spacial score (nSPS) is 20.4. The van der Waals surface area contributed by atoms with E-state index in [9.17, 15) is 13.2 Å². The van der Waals surface area contributed by atoms with Gasteiger partial charge in [-0.2, -0.15) is 13.2 Å². The summed E-state index contributed by atoms with van der Waals surface area (Å²) in [5.41, 5.74) is 0.640. The Morgan fingerprint density at radius 1 is 1.32 bits per heavy atom. The number of nitrogens with one attached hydrogen (secondary N) is 1. The van der Waals surface area contributed by atoms with Crippen molar-refractivity contribution in [3.05, 3.63) is 15.6 Å². The molecular formula is C13H19F3N2S. The van der Waals surface area contributed by atoms with Crippen molar-refractivity contribution in [2.45, 2.75) is 57.7 Å². The van der Waals surface area contributed by atoms with Gasteiger partial charge in [0.25, 0.3) is 0 Å². The van der Waals surface area contributed by atoms with Gasteiger partial charge in [-0.25, -0.2) is 4.98 Å². The Morgan fingerprint density at radius 3 is 2.58 bits per heavy atom.